The lowest BCUT2D eigenvalue weighted by Crippen LogP contribution is -2.23. The van der Waals surface area contributed by atoms with Gasteiger partial charge in [0.2, 0.25) is 0 Å². The van der Waals surface area contributed by atoms with Gasteiger partial charge in [0.25, 0.3) is 0 Å². The van der Waals surface area contributed by atoms with E-state index in [0.29, 0.717) is 24.7 Å². The quantitative estimate of drug-likeness (QED) is 0.789. The summed E-state index contributed by atoms with van der Waals surface area (Å²) in [5, 5.41) is 0. The molecular weight excluding hydrogens is 252 g/mol. The molecule has 1 unspecified atom stereocenters. The van der Waals surface area contributed by atoms with Gasteiger partial charge in [0.05, 0.1) is 13.2 Å². The Bertz CT molecular complexity index is 505. The van der Waals surface area contributed by atoms with Crippen molar-refractivity contribution < 1.29 is 14.3 Å². The van der Waals surface area contributed by atoms with Crippen molar-refractivity contribution >= 4 is 5.97 Å². The SMILES string of the molecule is CCOC(=O)c1c(CC)cc(CC)c2c1OCC(C)C2. The Hall–Kier alpha value is -1.51. The Balaban J connectivity index is 2.59. The summed E-state index contributed by atoms with van der Waals surface area (Å²) in [6.07, 6.45) is 2.76. The Labute approximate surface area is 121 Å². The number of aryl methyl sites for hydroxylation is 2. The molecule has 1 aromatic carbocycles. The van der Waals surface area contributed by atoms with E-state index in [9.17, 15) is 4.79 Å². The van der Waals surface area contributed by atoms with E-state index in [1.54, 1.807) is 0 Å². The maximum Gasteiger partial charge on any atom is 0.342 e. The second-order valence-electron chi connectivity index (χ2n) is 5.43. The van der Waals surface area contributed by atoms with E-state index in [2.05, 4.69) is 26.8 Å². The summed E-state index contributed by atoms with van der Waals surface area (Å²) in [5.74, 6) is 1.02. The van der Waals surface area contributed by atoms with E-state index >= 15 is 0 Å². The smallest absolute Gasteiger partial charge is 0.342 e. The molecule has 2 rings (SSSR count). The van der Waals surface area contributed by atoms with Crippen LogP contribution in [0.3, 0.4) is 0 Å². The number of hydrogen-bond acceptors (Lipinski definition) is 3. The van der Waals surface area contributed by atoms with Crippen LogP contribution in [0.25, 0.3) is 0 Å². The third-order valence-corrected chi connectivity index (χ3v) is 3.86. The highest BCUT2D eigenvalue weighted by Crippen LogP contribution is 2.37. The lowest BCUT2D eigenvalue weighted by atomic mass is 9.87. The molecule has 20 heavy (non-hydrogen) atoms. The molecule has 3 heteroatoms. The molecule has 0 aromatic heterocycles. The molecule has 0 amide bonds. The first-order valence-corrected chi connectivity index (χ1v) is 7.59. The van der Waals surface area contributed by atoms with Crippen molar-refractivity contribution in [3.63, 3.8) is 0 Å². The van der Waals surface area contributed by atoms with Crippen molar-refractivity contribution in [3.8, 4) is 5.75 Å². The van der Waals surface area contributed by atoms with Gasteiger partial charge in [-0.15, -0.1) is 0 Å². The molecule has 0 saturated heterocycles. The van der Waals surface area contributed by atoms with Gasteiger partial charge in [0.1, 0.15) is 11.3 Å². The Morgan fingerprint density at radius 3 is 2.60 bits per heavy atom. The molecule has 1 aromatic rings. The zero-order valence-electron chi connectivity index (χ0n) is 12.9. The second kappa shape index (κ2) is 6.29. The summed E-state index contributed by atoms with van der Waals surface area (Å²) < 4.78 is 11.1. The minimum atomic E-state index is -0.252. The van der Waals surface area contributed by atoms with Gasteiger partial charge in [-0.05, 0) is 48.8 Å². The van der Waals surface area contributed by atoms with E-state index in [4.69, 9.17) is 9.47 Å². The van der Waals surface area contributed by atoms with Crippen molar-refractivity contribution in [2.75, 3.05) is 13.2 Å². The lowest BCUT2D eigenvalue weighted by molar-refractivity contribution is 0.0518. The summed E-state index contributed by atoms with van der Waals surface area (Å²) >= 11 is 0. The van der Waals surface area contributed by atoms with Gasteiger partial charge in [0, 0.05) is 0 Å². The van der Waals surface area contributed by atoms with Gasteiger partial charge in [-0.25, -0.2) is 4.79 Å². The number of esters is 1. The van der Waals surface area contributed by atoms with E-state index in [-0.39, 0.29) is 5.97 Å². The van der Waals surface area contributed by atoms with Crippen molar-refractivity contribution in [2.24, 2.45) is 5.92 Å². The molecule has 3 nitrogen and oxygen atoms in total. The lowest BCUT2D eigenvalue weighted by Gasteiger charge is -2.28. The summed E-state index contributed by atoms with van der Waals surface area (Å²) in [6.45, 7) is 9.30. The fourth-order valence-electron chi connectivity index (χ4n) is 2.85. The maximum absolute atomic E-state index is 12.3. The normalized spacial score (nSPS) is 17.3. The van der Waals surface area contributed by atoms with Crippen LogP contribution in [0.5, 0.6) is 5.75 Å². The standard InChI is InChI=1S/C17H24O3/c1-5-12-9-13(6-2)15(17(18)19-7-3)16-14(12)8-11(4)10-20-16/h9,11H,5-8,10H2,1-4H3. The third-order valence-electron chi connectivity index (χ3n) is 3.86. The van der Waals surface area contributed by atoms with Crippen molar-refractivity contribution in [1.82, 2.24) is 0 Å². The Kier molecular flexibility index (Phi) is 4.69. The maximum atomic E-state index is 12.3. The predicted molar refractivity (Wildman–Crippen MR) is 79.5 cm³/mol. The van der Waals surface area contributed by atoms with Crippen LogP contribution >= 0.6 is 0 Å². The van der Waals surface area contributed by atoms with Crippen LogP contribution in [0.2, 0.25) is 0 Å². The predicted octanol–water partition coefficient (Wildman–Crippen LogP) is 3.56. The number of fused-ring (bicyclic) bond motifs is 1. The number of hydrogen-bond donors (Lipinski definition) is 0. The second-order valence-corrected chi connectivity index (χ2v) is 5.43. The molecule has 110 valence electrons. The first-order valence-electron chi connectivity index (χ1n) is 7.59. The number of benzene rings is 1. The molecular formula is C17H24O3. The van der Waals surface area contributed by atoms with E-state index in [1.807, 2.05) is 6.92 Å². The zero-order chi connectivity index (χ0) is 14.7. The van der Waals surface area contributed by atoms with Crippen molar-refractivity contribution in [3.05, 3.63) is 28.3 Å². The average molecular weight is 276 g/mol. The van der Waals surface area contributed by atoms with Gasteiger partial charge in [-0.2, -0.15) is 0 Å². The van der Waals surface area contributed by atoms with Crippen LogP contribution in [-0.4, -0.2) is 19.2 Å². The van der Waals surface area contributed by atoms with Crippen molar-refractivity contribution in [1.29, 1.82) is 0 Å². The van der Waals surface area contributed by atoms with Crippen LogP contribution in [-0.2, 0) is 24.0 Å². The third kappa shape index (κ3) is 2.67. The summed E-state index contributed by atoms with van der Waals surface area (Å²) in [4.78, 5) is 12.3. The Morgan fingerprint density at radius 2 is 2.00 bits per heavy atom. The van der Waals surface area contributed by atoms with Crippen LogP contribution < -0.4 is 4.74 Å². The van der Waals surface area contributed by atoms with E-state index in [1.165, 1.54) is 11.1 Å². The topological polar surface area (TPSA) is 35.5 Å². The van der Waals surface area contributed by atoms with Crippen LogP contribution in [0.1, 0.15) is 54.7 Å². The minimum absolute atomic E-state index is 0.252. The highest BCUT2D eigenvalue weighted by molar-refractivity contribution is 5.95. The van der Waals surface area contributed by atoms with Gasteiger partial charge in [-0.3, -0.25) is 0 Å². The monoisotopic (exact) mass is 276 g/mol. The molecule has 1 aliphatic heterocycles. The van der Waals surface area contributed by atoms with Crippen LogP contribution in [0, 0.1) is 5.92 Å². The van der Waals surface area contributed by atoms with Crippen LogP contribution in [0.4, 0.5) is 0 Å². The molecule has 0 aliphatic carbocycles. The van der Waals surface area contributed by atoms with Crippen molar-refractivity contribution in [2.45, 2.75) is 47.0 Å². The highest BCUT2D eigenvalue weighted by atomic mass is 16.5. The summed E-state index contributed by atoms with van der Waals surface area (Å²) in [7, 11) is 0. The first-order chi connectivity index (χ1) is 9.62. The molecule has 0 N–H and O–H groups in total. The van der Waals surface area contributed by atoms with Crippen LogP contribution in [0.15, 0.2) is 6.07 Å². The first kappa shape index (κ1) is 14.9. The molecule has 1 aliphatic rings. The molecule has 0 fully saturated rings. The summed E-state index contributed by atoms with van der Waals surface area (Å²) in [6, 6.07) is 2.16. The summed E-state index contributed by atoms with van der Waals surface area (Å²) in [5.41, 5.74) is 4.19. The molecule has 0 radical (unpaired) electrons. The average Bonchev–Trinajstić information content (AvgIpc) is 2.45. The molecule has 0 bridgehead atoms. The van der Waals surface area contributed by atoms with Gasteiger partial charge >= 0.3 is 5.97 Å². The minimum Gasteiger partial charge on any atom is -0.492 e. The Morgan fingerprint density at radius 1 is 1.30 bits per heavy atom. The fourth-order valence-corrected chi connectivity index (χ4v) is 2.85. The molecule has 1 atom stereocenters. The van der Waals surface area contributed by atoms with Gasteiger partial charge in [-0.1, -0.05) is 26.8 Å². The van der Waals surface area contributed by atoms with E-state index < -0.39 is 0 Å². The number of ether oxygens (including phenoxy) is 2. The molecule has 1 heterocycles. The molecule has 0 spiro atoms. The largest absolute Gasteiger partial charge is 0.492 e. The zero-order valence-corrected chi connectivity index (χ0v) is 12.9. The van der Waals surface area contributed by atoms with E-state index in [0.717, 1.165) is 30.6 Å². The fraction of sp³-hybridized carbons (Fsp3) is 0.588. The number of rotatable bonds is 4. The molecule has 0 saturated carbocycles. The van der Waals surface area contributed by atoms with Gasteiger partial charge < -0.3 is 9.47 Å². The number of carbonyl (C=O) groups excluding carboxylic acids is 1. The number of carbonyl (C=O) groups is 1. The van der Waals surface area contributed by atoms with Gasteiger partial charge in [0.15, 0.2) is 0 Å². The highest BCUT2D eigenvalue weighted by Gasteiger charge is 2.28.